The van der Waals surface area contributed by atoms with Gasteiger partial charge >= 0.3 is 0 Å². The Hall–Kier alpha value is -1.06. The lowest BCUT2D eigenvalue weighted by Crippen LogP contribution is -2.36. The lowest BCUT2D eigenvalue weighted by molar-refractivity contribution is -0.109. The van der Waals surface area contributed by atoms with Gasteiger partial charge in [-0.2, -0.15) is 0 Å². The van der Waals surface area contributed by atoms with Gasteiger partial charge in [-0.1, -0.05) is 23.7 Å². The predicted octanol–water partition coefficient (Wildman–Crippen LogP) is 1.62. The van der Waals surface area contributed by atoms with Crippen molar-refractivity contribution in [3.8, 4) is 0 Å². The lowest BCUT2D eigenvalue weighted by atomic mass is 10.3. The lowest BCUT2D eigenvalue weighted by Gasteiger charge is -2.19. The summed E-state index contributed by atoms with van der Waals surface area (Å²) in [6.45, 7) is 0.813. The van der Waals surface area contributed by atoms with Gasteiger partial charge < -0.3 is 9.80 Å². The third-order valence-electron chi connectivity index (χ3n) is 2.29. The summed E-state index contributed by atoms with van der Waals surface area (Å²) < 4.78 is 0. The summed E-state index contributed by atoms with van der Waals surface area (Å²) in [7, 11) is 0. The molecule has 0 aliphatic carbocycles. The number of carbonyl (C=O) groups excluding carboxylic acids is 1. The SMILES string of the molecule is O=CC1CCN(c2ccccc2Cl)N1. The molecule has 2 rings (SSSR count). The molecule has 1 atom stereocenters. The fraction of sp³-hybridized carbons (Fsp3) is 0.300. The Morgan fingerprint density at radius 2 is 2.29 bits per heavy atom. The van der Waals surface area contributed by atoms with E-state index in [1.54, 1.807) is 0 Å². The molecule has 1 saturated heterocycles. The molecule has 1 heterocycles. The van der Waals surface area contributed by atoms with Crippen molar-refractivity contribution < 1.29 is 4.79 Å². The van der Waals surface area contributed by atoms with Crippen LogP contribution in [0.3, 0.4) is 0 Å². The number of hydrogen-bond acceptors (Lipinski definition) is 3. The second-order valence-corrected chi connectivity index (χ2v) is 3.67. The van der Waals surface area contributed by atoms with Gasteiger partial charge in [0.25, 0.3) is 0 Å². The third kappa shape index (κ3) is 1.74. The van der Waals surface area contributed by atoms with Gasteiger partial charge in [-0.05, 0) is 18.6 Å². The van der Waals surface area contributed by atoms with Crippen LogP contribution < -0.4 is 10.4 Å². The molecule has 0 radical (unpaired) electrons. The number of para-hydroxylation sites is 1. The van der Waals surface area contributed by atoms with E-state index < -0.39 is 0 Å². The van der Waals surface area contributed by atoms with Crippen molar-refractivity contribution in [1.82, 2.24) is 5.43 Å². The van der Waals surface area contributed by atoms with E-state index in [4.69, 9.17) is 11.6 Å². The Morgan fingerprint density at radius 1 is 1.50 bits per heavy atom. The summed E-state index contributed by atoms with van der Waals surface area (Å²) in [6.07, 6.45) is 1.76. The smallest absolute Gasteiger partial charge is 0.138 e. The number of hydrazine groups is 1. The first-order valence-corrected chi connectivity index (χ1v) is 4.92. The van der Waals surface area contributed by atoms with E-state index in [1.807, 2.05) is 29.3 Å². The van der Waals surface area contributed by atoms with Gasteiger partial charge in [-0.3, -0.25) is 0 Å². The highest BCUT2D eigenvalue weighted by Gasteiger charge is 2.22. The van der Waals surface area contributed by atoms with Crippen LogP contribution >= 0.6 is 11.6 Å². The number of hydrogen-bond donors (Lipinski definition) is 1. The van der Waals surface area contributed by atoms with E-state index in [1.165, 1.54) is 0 Å². The first-order chi connectivity index (χ1) is 6.81. The molecule has 74 valence electrons. The van der Waals surface area contributed by atoms with Gasteiger partial charge in [0.15, 0.2) is 0 Å². The molecule has 1 aromatic carbocycles. The van der Waals surface area contributed by atoms with Crippen LogP contribution in [0, 0.1) is 0 Å². The molecule has 1 fully saturated rings. The molecule has 1 aliphatic rings. The number of rotatable bonds is 2. The average Bonchev–Trinajstić information content (AvgIpc) is 2.67. The largest absolute Gasteiger partial charge is 0.306 e. The topological polar surface area (TPSA) is 32.3 Å². The molecule has 1 aromatic rings. The van der Waals surface area contributed by atoms with Crippen LogP contribution in [0.5, 0.6) is 0 Å². The quantitative estimate of drug-likeness (QED) is 0.753. The van der Waals surface area contributed by atoms with Gasteiger partial charge in [0.05, 0.1) is 16.8 Å². The zero-order valence-corrected chi connectivity index (χ0v) is 8.37. The summed E-state index contributed by atoms with van der Waals surface area (Å²) in [4.78, 5) is 10.5. The van der Waals surface area contributed by atoms with Gasteiger partial charge in [0, 0.05) is 6.54 Å². The summed E-state index contributed by atoms with van der Waals surface area (Å²) in [5.41, 5.74) is 4.01. The molecule has 1 aliphatic heterocycles. The van der Waals surface area contributed by atoms with E-state index in [-0.39, 0.29) is 6.04 Å². The highest BCUT2D eigenvalue weighted by atomic mass is 35.5. The first kappa shape index (κ1) is 9.49. The molecule has 14 heavy (non-hydrogen) atoms. The summed E-state index contributed by atoms with van der Waals surface area (Å²) in [6, 6.07) is 7.51. The van der Waals surface area contributed by atoms with Crippen LogP contribution in [0.25, 0.3) is 0 Å². The van der Waals surface area contributed by atoms with Crippen molar-refractivity contribution in [2.24, 2.45) is 0 Å². The number of nitrogens with one attached hydrogen (secondary N) is 1. The summed E-state index contributed by atoms with van der Waals surface area (Å²) >= 11 is 6.03. The first-order valence-electron chi connectivity index (χ1n) is 4.55. The minimum absolute atomic E-state index is 0.0775. The van der Waals surface area contributed by atoms with Crippen molar-refractivity contribution in [3.05, 3.63) is 29.3 Å². The third-order valence-corrected chi connectivity index (χ3v) is 2.61. The van der Waals surface area contributed by atoms with E-state index >= 15 is 0 Å². The average molecular weight is 211 g/mol. The highest BCUT2D eigenvalue weighted by molar-refractivity contribution is 6.33. The standard InChI is InChI=1S/C10H11ClN2O/c11-9-3-1-2-4-10(9)13-6-5-8(7-14)12-13/h1-4,7-8,12H,5-6H2. The number of nitrogens with zero attached hydrogens (tertiary/aromatic N) is 1. The Labute approximate surface area is 87.6 Å². The second-order valence-electron chi connectivity index (χ2n) is 3.26. The van der Waals surface area contributed by atoms with Gasteiger partial charge in [0.2, 0.25) is 0 Å². The molecule has 0 spiro atoms. The van der Waals surface area contributed by atoms with Gasteiger partial charge in [-0.25, -0.2) is 5.43 Å². The Kier molecular flexibility index (Phi) is 2.70. The van der Waals surface area contributed by atoms with E-state index in [2.05, 4.69) is 5.43 Å². The fourth-order valence-corrected chi connectivity index (χ4v) is 1.79. The highest BCUT2D eigenvalue weighted by Crippen LogP contribution is 2.26. The van der Waals surface area contributed by atoms with Crippen molar-refractivity contribution >= 4 is 23.6 Å². The Balaban J connectivity index is 2.17. The normalized spacial score (nSPS) is 21.2. The Morgan fingerprint density at radius 3 is 2.93 bits per heavy atom. The maximum absolute atomic E-state index is 10.5. The molecule has 0 bridgehead atoms. The molecule has 0 aromatic heterocycles. The molecule has 3 nitrogen and oxygen atoms in total. The van der Waals surface area contributed by atoms with Crippen molar-refractivity contribution in [1.29, 1.82) is 0 Å². The molecule has 1 unspecified atom stereocenters. The number of aldehydes is 1. The summed E-state index contributed by atoms with van der Waals surface area (Å²) in [5.74, 6) is 0. The maximum atomic E-state index is 10.5. The second kappa shape index (κ2) is 3.98. The van der Waals surface area contributed by atoms with Gasteiger partial charge in [-0.15, -0.1) is 0 Å². The molecule has 1 N–H and O–H groups in total. The van der Waals surface area contributed by atoms with E-state index in [0.717, 1.165) is 24.9 Å². The molecule has 0 amide bonds. The van der Waals surface area contributed by atoms with Crippen molar-refractivity contribution in [2.45, 2.75) is 12.5 Å². The van der Waals surface area contributed by atoms with Crippen molar-refractivity contribution in [2.75, 3.05) is 11.6 Å². The fourth-order valence-electron chi connectivity index (χ4n) is 1.56. The monoisotopic (exact) mass is 210 g/mol. The van der Waals surface area contributed by atoms with E-state index in [0.29, 0.717) is 5.02 Å². The zero-order valence-electron chi connectivity index (χ0n) is 7.61. The maximum Gasteiger partial charge on any atom is 0.138 e. The number of carbonyl (C=O) groups is 1. The van der Waals surface area contributed by atoms with Crippen LogP contribution in [0.15, 0.2) is 24.3 Å². The molecule has 4 heteroatoms. The minimum atomic E-state index is -0.0775. The van der Waals surface area contributed by atoms with Crippen LogP contribution in [0.4, 0.5) is 5.69 Å². The van der Waals surface area contributed by atoms with Crippen LogP contribution in [0.1, 0.15) is 6.42 Å². The molecular formula is C10H11ClN2O. The number of anilines is 1. The van der Waals surface area contributed by atoms with Crippen molar-refractivity contribution in [3.63, 3.8) is 0 Å². The van der Waals surface area contributed by atoms with E-state index in [9.17, 15) is 4.79 Å². The van der Waals surface area contributed by atoms with Gasteiger partial charge in [0.1, 0.15) is 6.29 Å². The minimum Gasteiger partial charge on any atom is -0.306 e. The molecular weight excluding hydrogens is 200 g/mol. The Bertz CT molecular complexity index is 343. The summed E-state index contributed by atoms with van der Waals surface area (Å²) in [5, 5.41) is 2.62. The number of benzene rings is 1. The van der Waals surface area contributed by atoms with Crippen LogP contribution in [-0.2, 0) is 4.79 Å². The predicted molar refractivity (Wildman–Crippen MR) is 56.4 cm³/mol. The van der Waals surface area contributed by atoms with Crippen LogP contribution in [-0.4, -0.2) is 18.9 Å². The number of halogens is 1. The van der Waals surface area contributed by atoms with Crippen LogP contribution in [0.2, 0.25) is 5.02 Å². The zero-order chi connectivity index (χ0) is 9.97. The molecule has 0 saturated carbocycles.